The minimum atomic E-state index is -1.13. The van der Waals surface area contributed by atoms with Gasteiger partial charge in [-0.15, -0.1) is 0 Å². The van der Waals surface area contributed by atoms with Crippen LogP contribution in [0.15, 0.2) is 72.9 Å². The average molecular weight is 854 g/mol. The number of allylic oxidation sites excluding steroid dienone is 12. The number of carboxylic acids is 1. The molecule has 8 heteroatoms. The van der Waals surface area contributed by atoms with Crippen LogP contribution in [-0.4, -0.2) is 75.5 Å². The summed E-state index contributed by atoms with van der Waals surface area (Å²) in [5.74, 6) is -1.76. The van der Waals surface area contributed by atoms with Crippen LogP contribution < -0.4 is 5.11 Å². The maximum absolute atomic E-state index is 12.8. The lowest BCUT2D eigenvalue weighted by Crippen LogP contribution is -2.55. The van der Waals surface area contributed by atoms with Crippen molar-refractivity contribution in [3.05, 3.63) is 72.9 Å². The van der Waals surface area contributed by atoms with Gasteiger partial charge in [0, 0.05) is 19.3 Å². The summed E-state index contributed by atoms with van der Waals surface area (Å²) >= 11 is 0. The van der Waals surface area contributed by atoms with Gasteiger partial charge in [-0.25, -0.2) is 0 Å². The monoisotopic (exact) mass is 854 g/mol. The molecule has 0 aromatic rings. The number of likely N-dealkylation sites (N-methyl/N-ethyl adjacent to an activating group) is 1. The van der Waals surface area contributed by atoms with Crippen molar-refractivity contribution in [1.29, 1.82) is 0 Å². The highest BCUT2D eigenvalue weighted by molar-refractivity contribution is 5.70. The summed E-state index contributed by atoms with van der Waals surface area (Å²) in [6, 6.07) is -0.732. The fourth-order valence-electron chi connectivity index (χ4n) is 6.80. The van der Waals surface area contributed by atoms with Crippen molar-refractivity contribution in [3.8, 4) is 0 Å². The lowest BCUT2D eigenvalue weighted by molar-refractivity contribution is -0.889. The maximum Gasteiger partial charge on any atom is 0.306 e. The predicted molar refractivity (Wildman–Crippen MR) is 254 cm³/mol. The summed E-state index contributed by atoms with van der Waals surface area (Å²) in [4.78, 5) is 37.0. The number of rotatable bonds is 43. The summed E-state index contributed by atoms with van der Waals surface area (Å²) in [5.41, 5.74) is 0. The van der Waals surface area contributed by atoms with E-state index in [0.29, 0.717) is 12.8 Å². The Hall–Kier alpha value is -3.23. The zero-order valence-electron chi connectivity index (χ0n) is 39.8. The Morgan fingerprint density at radius 3 is 1.36 bits per heavy atom. The molecule has 0 aromatic carbocycles. The zero-order chi connectivity index (χ0) is 44.9. The van der Waals surface area contributed by atoms with Gasteiger partial charge in [-0.1, -0.05) is 164 Å². The number of carbonyl (C=O) groups excluding carboxylic acids is 3. The van der Waals surface area contributed by atoms with Crippen LogP contribution >= 0.6 is 0 Å². The first-order valence-electron chi connectivity index (χ1n) is 24.5. The van der Waals surface area contributed by atoms with Crippen LogP contribution in [0, 0.1) is 0 Å². The lowest BCUT2D eigenvalue weighted by Gasteiger charge is -2.34. The normalized spacial score (nSPS) is 13.5. The zero-order valence-corrected chi connectivity index (χ0v) is 39.8. The summed E-state index contributed by atoms with van der Waals surface area (Å²) in [5, 5.41) is 11.7. The molecule has 0 spiro atoms. The van der Waals surface area contributed by atoms with Gasteiger partial charge in [0.1, 0.15) is 12.6 Å². The van der Waals surface area contributed by atoms with Gasteiger partial charge in [-0.2, -0.15) is 0 Å². The molecule has 350 valence electrons. The molecule has 0 rings (SSSR count). The molecule has 0 radical (unpaired) electrons. The van der Waals surface area contributed by atoms with Crippen molar-refractivity contribution in [2.24, 2.45) is 0 Å². The Labute approximate surface area is 374 Å². The SMILES string of the molecule is CC/C=C/C/C=C/C/C=C/C/C=C/CCCCCCCCCC(=O)OCC(COCCC(C(=O)[O-])[N+](C)(C)C)OC(=O)CCCCCCCCC/C=C/C/C=C/CCCCC. The third-order valence-corrected chi connectivity index (χ3v) is 10.6. The third-order valence-electron chi connectivity index (χ3n) is 10.6. The van der Waals surface area contributed by atoms with Crippen molar-refractivity contribution in [2.45, 2.75) is 206 Å². The Kier molecular flexibility index (Phi) is 41.1. The number of quaternary nitrogens is 1. The van der Waals surface area contributed by atoms with Gasteiger partial charge in [0.2, 0.25) is 0 Å². The Morgan fingerprint density at radius 1 is 0.508 bits per heavy atom. The summed E-state index contributed by atoms with van der Waals surface area (Å²) in [7, 11) is 5.40. The van der Waals surface area contributed by atoms with Crippen LogP contribution in [0.1, 0.15) is 194 Å². The number of hydrogen-bond acceptors (Lipinski definition) is 7. The summed E-state index contributed by atoms with van der Waals surface area (Å²) in [6.07, 6.45) is 54.9. The molecule has 8 nitrogen and oxygen atoms in total. The molecule has 0 amide bonds. The van der Waals surface area contributed by atoms with E-state index in [4.69, 9.17) is 14.2 Å². The number of nitrogens with zero attached hydrogens (tertiary/aromatic N) is 1. The van der Waals surface area contributed by atoms with Crippen molar-refractivity contribution >= 4 is 17.9 Å². The van der Waals surface area contributed by atoms with Crippen LogP contribution in [-0.2, 0) is 28.6 Å². The van der Waals surface area contributed by atoms with Gasteiger partial charge in [0.25, 0.3) is 0 Å². The first-order chi connectivity index (χ1) is 29.6. The molecule has 2 unspecified atom stereocenters. The second kappa shape index (κ2) is 43.4. The van der Waals surface area contributed by atoms with Crippen LogP contribution in [0.4, 0.5) is 0 Å². The van der Waals surface area contributed by atoms with E-state index < -0.39 is 18.1 Å². The Bertz CT molecular complexity index is 1230. The van der Waals surface area contributed by atoms with Gasteiger partial charge in [0.15, 0.2) is 6.10 Å². The Balaban J connectivity index is 4.32. The first kappa shape index (κ1) is 57.8. The second-order valence-corrected chi connectivity index (χ2v) is 17.3. The summed E-state index contributed by atoms with van der Waals surface area (Å²) < 4.78 is 17.2. The molecule has 61 heavy (non-hydrogen) atoms. The lowest BCUT2D eigenvalue weighted by atomic mass is 10.1. The highest BCUT2D eigenvalue weighted by Crippen LogP contribution is 2.14. The largest absolute Gasteiger partial charge is 0.544 e. The van der Waals surface area contributed by atoms with Crippen molar-refractivity contribution in [3.63, 3.8) is 0 Å². The smallest absolute Gasteiger partial charge is 0.306 e. The molecule has 0 aromatic heterocycles. The van der Waals surface area contributed by atoms with Crippen molar-refractivity contribution in [2.75, 3.05) is 41.0 Å². The summed E-state index contributed by atoms with van der Waals surface area (Å²) in [6.45, 7) is 4.51. The Morgan fingerprint density at radius 2 is 0.918 bits per heavy atom. The minimum Gasteiger partial charge on any atom is -0.544 e. The molecule has 0 bridgehead atoms. The highest BCUT2D eigenvalue weighted by atomic mass is 16.6. The minimum absolute atomic E-state index is 0.0309. The predicted octanol–water partition coefficient (Wildman–Crippen LogP) is 12.6. The van der Waals surface area contributed by atoms with E-state index in [2.05, 4.69) is 86.8 Å². The molecule has 2 atom stereocenters. The standard InChI is InChI=1S/C53H91NO7/c1-6-8-10-12-14-16-18-20-22-24-25-26-28-29-31-33-35-37-39-41-43-51(55)60-48-49(47-59-46-45-50(53(57)58)54(3,4)5)61-52(56)44-42-40-38-36-34-32-30-27-23-21-19-17-15-13-11-9-7-2/h8,10,14-17,20-23,25-26,49-50H,6-7,9,11-13,18-19,24,27-48H2,1-5H3/b10-8+,16-14+,17-15+,22-20+,23-21+,26-25+. The number of aliphatic carboxylic acids is 1. The first-order valence-corrected chi connectivity index (χ1v) is 24.5. The molecular weight excluding hydrogens is 763 g/mol. The second-order valence-electron chi connectivity index (χ2n) is 17.3. The number of unbranched alkanes of at least 4 members (excludes halogenated alkanes) is 17. The molecule has 0 aliphatic rings. The van der Waals surface area contributed by atoms with Crippen LogP contribution in [0.5, 0.6) is 0 Å². The highest BCUT2D eigenvalue weighted by Gasteiger charge is 2.25. The van der Waals surface area contributed by atoms with Crippen molar-refractivity contribution in [1.82, 2.24) is 0 Å². The van der Waals surface area contributed by atoms with E-state index in [1.807, 2.05) is 0 Å². The van der Waals surface area contributed by atoms with E-state index >= 15 is 0 Å². The van der Waals surface area contributed by atoms with Crippen LogP contribution in [0.25, 0.3) is 0 Å². The average Bonchev–Trinajstić information content (AvgIpc) is 3.22. The topological polar surface area (TPSA) is 102 Å². The van der Waals surface area contributed by atoms with E-state index in [9.17, 15) is 19.5 Å². The molecule has 0 N–H and O–H groups in total. The fourth-order valence-corrected chi connectivity index (χ4v) is 6.80. The number of hydrogen-bond donors (Lipinski definition) is 0. The molecular formula is C53H91NO7. The third kappa shape index (κ3) is 41.9. The molecule has 0 aliphatic heterocycles. The quantitative estimate of drug-likeness (QED) is 0.0260. The van der Waals surface area contributed by atoms with Crippen LogP contribution in [0.2, 0.25) is 0 Å². The maximum atomic E-state index is 12.8. The molecule has 0 fully saturated rings. The molecule has 0 heterocycles. The van der Waals surface area contributed by atoms with E-state index in [0.717, 1.165) is 83.5 Å². The number of carboxylic acid groups (broad SMARTS) is 1. The number of ether oxygens (including phenoxy) is 3. The van der Waals surface area contributed by atoms with Gasteiger partial charge >= 0.3 is 11.9 Å². The number of carbonyl (C=O) groups is 3. The number of esters is 2. The van der Waals surface area contributed by atoms with Gasteiger partial charge in [-0.05, 0) is 83.5 Å². The van der Waals surface area contributed by atoms with Gasteiger partial charge < -0.3 is 28.6 Å². The molecule has 0 saturated heterocycles. The van der Waals surface area contributed by atoms with Crippen molar-refractivity contribution < 1.29 is 38.2 Å². The molecule has 0 saturated carbocycles. The fraction of sp³-hybridized carbons (Fsp3) is 0.717. The van der Waals surface area contributed by atoms with Gasteiger partial charge in [-0.3, -0.25) is 9.59 Å². The van der Waals surface area contributed by atoms with E-state index in [-0.39, 0.29) is 42.7 Å². The van der Waals surface area contributed by atoms with E-state index in [1.165, 1.54) is 77.0 Å². The van der Waals surface area contributed by atoms with Gasteiger partial charge in [0.05, 0.1) is 40.3 Å². The molecule has 0 aliphatic carbocycles. The van der Waals surface area contributed by atoms with E-state index in [1.54, 1.807) is 21.1 Å². The van der Waals surface area contributed by atoms with Crippen LogP contribution in [0.3, 0.4) is 0 Å².